The monoisotopic (exact) mass is 435 g/mol. The molecule has 0 aliphatic carbocycles. The third-order valence-corrected chi connectivity index (χ3v) is 6.08. The molecule has 0 fully saturated rings. The van der Waals surface area contributed by atoms with Crippen molar-refractivity contribution in [2.45, 2.75) is 26.2 Å². The largest absolute Gasteiger partial charge is 0.455 e. The van der Waals surface area contributed by atoms with Crippen molar-refractivity contribution in [1.29, 1.82) is 0 Å². The molecule has 3 aromatic heterocycles. The van der Waals surface area contributed by atoms with E-state index >= 15 is 0 Å². The highest BCUT2D eigenvalue weighted by Gasteiger charge is 2.25. The molecule has 0 atom stereocenters. The predicted octanol–water partition coefficient (Wildman–Crippen LogP) is 7.42. The van der Waals surface area contributed by atoms with Crippen molar-refractivity contribution in [2.24, 2.45) is 0 Å². The second-order valence-electron chi connectivity index (χ2n) is 9.31. The highest BCUT2D eigenvalue weighted by molar-refractivity contribution is 6.09. The molecule has 162 valence electrons. The van der Waals surface area contributed by atoms with Crippen LogP contribution in [0.15, 0.2) is 83.4 Å². The highest BCUT2D eigenvalue weighted by Crippen LogP contribution is 2.39. The fourth-order valence-corrected chi connectivity index (χ4v) is 4.56. The van der Waals surface area contributed by atoms with Gasteiger partial charge in [0.2, 0.25) is 0 Å². The lowest BCUT2D eigenvalue weighted by atomic mass is 9.87. The Morgan fingerprint density at radius 2 is 1.70 bits per heavy atom. The number of para-hydroxylation sites is 2. The van der Waals surface area contributed by atoms with E-state index in [1.165, 1.54) is 12.1 Å². The zero-order valence-corrected chi connectivity index (χ0v) is 18.6. The first-order valence-corrected chi connectivity index (χ1v) is 11.0. The number of halogens is 1. The van der Waals surface area contributed by atoms with Gasteiger partial charge in [0, 0.05) is 28.7 Å². The Kier molecular flexibility index (Phi) is 4.18. The fourth-order valence-electron chi connectivity index (χ4n) is 4.56. The van der Waals surface area contributed by atoms with Gasteiger partial charge in [0.1, 0.15) is 17.0 Å². The summed E-state index contributed by atoms with van der Waals surface area (Å²) < 4.78 is 22.2. The van der Waals surface area contributed by atoms with E-state index in [1.54, 1.807) is 6.07 Å². The first kappa shape index (κ1) is 19.7. The molecule has 3 heterocycles. The van der Waals surface area contributed by atoms with Gasteiger partial charge < -0.3 is 4.42 Å². The van der Waals surface area contributed by atoms with E-state index in [2.05, 4.69) is 48.5 Å². The Bertz CT molecular complexity index is 1660. The zero-order chi connectivity index (χ0) is 22.7. The molecule has 0 amide bonds. The SMILES string of the molecule is CC(C)(C)c1ccnc2nc(-c3cccc4c3oc3cc(F)ccc34)n(-c3ccccc3)c12. The number of rotatable bonds is 2. The lowest BCUT2D eigenvalue weighted by Gasteiger charge is -2.21. The van der Waals surface area contributed by atoms with Gasteiger partial charge in [0.05, 0.1) is 11.1 Å². The van der Waals surface area contributed by atoms with E-state index in [0.29, 0.717) is 16.8 Å². The second kappa shape index (κ2) is 7.01. The zero-order valence-electron chi connectivity index (χ0n) is 18.6. The third-order valence-electron chi connectivity index (χ3n) is 6.08. The van der Waals surface area contributed by atoms with Crippen LogP contribution in [0.2, 0.25) is 0 Å². The Morgan fingerprint density at radius 1 is 0.879 bits per heavy atom. The molecule has 0 unspecified atom stereocenters. The van der Waals surface area contributed by atoms with Gasteiger partial charge in [0.25, 0.3) is 0 Å². The van der Waals surface area contributed by atoms with E-state index in [4.69, 9.17) is 9.40 Å². The number of fused-ring (bicyclic) bond motifs is 4. The molecule has 0 aliphatic rings. The van der Waals surface area contributed by atoms with Crippen LogP contribution < -0.4 is 0 Å². The summed E-state index contributed by atoms with van der Waals surface area (Å²) in [5.74, 6) is 0.421. The first-order chi connectivity index (χ1) is 15.9. The van der Waals surface area contributed by atoms with Gasteiger partial charge in [-0.05, 0) is 47.4 Å². The van der Waals surface area contributed by atoms with Gasteiger partial charge >= 0.3 is 0 Å². The number of aromatic nitrogens is 3. The molecule has 0 aliphatic heterocycles. The molecule has 0 spiro atoms. The van der Waals surface area contributed by atoms with Crippen LogP contribution in [0.1, 0.15) is 26.3 Å². The number of pyridine rings is 1. The molecular weight excluding hydrogens is 413 g/mol. The molecule has 33 heavy (non-hydrogen) atoms. The van der Waals surface area contributed by atoms with Crippen molar-refractivity contribution < 1.29 is 8.81 Å². The molecule has 0 bridgehead atoms. The van der Waals surface area contributed by atoms with E-state index < -0.39 is 0 Å². The highest BCUT2D eigenvalue weighted by atomic mass is 19.1. The minimum atomic E-state index is -0.321. The third kappa shape index (κ3) is 3.04. The second-order valence-corrected chi connectivity index (χ2v) is 9.31. The van der Waals surface area contributed by atoms with Crippen LogP contribution in [0.4, 0.5) is 4.39 Å². The molecule has 5 heteroatoms. The van der Waals surface area contributed by atoms with Crippen molar-refractivity contribution in [2.75, 3.05) is 0 Å². The van der Waals surface area contributed by atoms with Crippen molar-refractivity contribution in [1.82, 2.24) is 14.5 Å². The van der Waals surface area contributed by atoms with Gasteiger partial charge in [-0.25, -0.2) is 14.4 Å². The topological polar surface area (TPSA) is 43.9 Å². The molecule has 6 rings (SSSR count). The van der Waals surface area contributed by atoms with E-state index in [9.17, 15) is 4.39 Å². The summed E-state index contributed by atoms with van der Waals surface area (Å²) in [4.78, 5) is 9.60. The molecule has 0 saturated heterocycles. The summed E-state index contributed by atoms with van der Waals surface area (Å²) in [6.07, 6.45) is 1.82. The Morgan fingerprint density at radius 3 is 2.48 bits per heavy atom. The summed E-state index contributed by atoms with van der Waals surface area (Å²) in [6, 6.07) is 22.9. The average molecular weight is 436 g/mol. The van der Waals surface area contributed by atoms with E-state index in [1.807, 2.05) is 42.6 Å². The maximum Gasteiger partial charge on any atom is 0.178 e. The Balaban J connectivity index is 1.76. The van der Waals surface area contributed by atoms with E-state index in [-0.39, 0.29) is 11.2 Å². The van der Waals surface area contributed by atoms with Gasteiger partial charge in [0.15, 0.2) is 11.5 Å². The fraction of sp³-hybridized carbons (Fsp3) is 0.143. The first-order valence-electron chi connectivity index (χ1n) is 11.0. The molecule has 0 saturated carbocycles. The number of hydrogen-bond donors (Lipinski definition) is 0. The Hall–Kier alpha value is -3.99. The lowest BCUT2D eigenvalue weighted by molar-refractivity contribution is 0.593. The van der Waals surface area contributed by atoms with Crippen LogP contribution in [0.5, 0.6) is 0 Å². The minimum absolute atomic E-state index is 0.103. The normalized spacial score (nSPS) is 12.2. The van der Waals surface area contributed by atoms with Gasteiger partial charge in [-0.1, -0.05) is 51.1 Å². The Labute approximate surface area is 190 Å². The maximum absolute atomic E-state index is 13.9. The van der Waals surface area contributed by atoms with E-state index in [0.717, 1.165) is 38.9 Å². The van der Waals surface area contributed by atoms with Gasteiger partial charge in [-0.2, -0.15) is 0 Å². The summed E-state index contributed by atoms with van der Waals surface area (Å²) >= 11 is 0. The van der Waals surface area contributed by atoms with Crippen molar-refractivity contribution in [3.05, 3.63) is 90.4 Å². The maximum atomic E-state index is 13.9. The standard InChI is InChI=1S/C28H22FN3O/c1-28(2,3)22-14-15-30-26-24(22)32(18-8-5-4-6-9-18)27(31-26)21-11-7-10-20-19-13-12-17(29)16-23(19)33-25(20)21/h4-16H,1-3H3. The summed E-state index contributed by atoms with van der Waals surface area (Å²) in [5, 5.41) is 1.81. The van der Waals surface area contributed by atoms with Crippen LogP contribution in [0.25, 0.3) is 50.2 Å². The van der Waals surface area contributed by atoms with Gasteiger partial charge in [-0.3, -0.25) is 4.57 Å². The van der Waals surface area contributed by atoms with Crippen molar-refractivity contribution in [3.63, 3.8) is 0 Å². The van der Waals surface area contributed by atoms with Gasteiger partial charge in [-0.15, -0.1) is 0 Å². The molecule has 6 aromatic rings. The van der Waals surface area contributed by atoms with Crippen molar-refractivity contribution in [3.8, 4) is 17.1 Å². The molecule has 3 aromatic carbocycles. The smallest absolute Gasteiger partial charge is 0.178 e. The number of nitrogens with zero attached hydrogens (tertiary/aromatic N) is 3. The van der Waals surface area contributed by atoms with Crippen LogP contribution in [0.3, 0.4) is 0 Å². The van der Waals surface area contributed by atoms with Crippen LogP contribution in [0, 0.1) is 5.82 Å². The predicted molar refractivity (Wildman–Crippen MR) is 130 cm³/mol. The molecular formula is C28H22FN3O. The molecule has 0 radical (unpaired) electrons. The summed E-state index contributed by atoms with van der Waals surface area (Å²) in [7, 11) is 0. The van der Waals surface area contributed by atoms with Crippen LogP contribution in [-0.2, 0) is 5.41 Å². The molecule has 4 nitrogen and oxygen atoms in total. The van der Waals surface area contributed by atoms with Crippen molar-refractivity contribution >= 4 is 33.1 Å². The number of benzene rings is 3. The average Bonchev–Trinajstić information content (AvgIpc) is 3.36. The van der Waals surface area contributed by atoms with Crippen LogP contribution >= 0.6 is 0 Å². The molecule has 0 N–H and O–H groups in total. The van der Waals surface area contributed by atoms with Crippen LogP contribution in [-0.4, -0.2) is 14.5 Å². The summed E-state index contributed by atoms with van der Waals surface area (Å²) in [5.41, 5.74) is 5.75. The lowest BCUT2D eigenvalue weighted by Crippen LogP contribution is -2.13. The quantitative estimate of drug-likeness (QED) is 0.284. The number of imidazole rings is 1. The number of hydrogen-bond acceptors (Lipinski definition) is 3. The minimum Gasteiger partial charge on any atom is -0.455 e. The summed E-state index contributed by atoms with van der Waals surface area (Å²) in [6.45, 7) is 6.58. The number of furan rings is 1.